The van der Waals surface area contributed by atoms with E-state index in [4.69, 9.17) is 4.74 Å². The Labute approximate surface area is 135 Å². The van der Waals surface area contributed by atoms with Crippen LogP contribution in [0.1, 0.15) is 4.88 Å². The van der Waals surface area contributed by atoms with E-state index in [9.17, 15) is 4.39 Å². The number of methoxy groups -OCH3 is 1. The minimum Gasteiger partial charge on any atom is -0.480 e. The van der Waals surface area contributed by atoms with Gasteiger partial charge >= 0.3 is 0 Å². The van der Waals surface area contributed by atoms with Crippen molar-refractivity contribution in [2.75, 3.05) is 31.4 Å². The number of benzene rings is 1. The fraction of sp³-hybridized carbons (Fsp3) is 0.308. The fourth-order valence-electron chi connectivity index (χ4n) is 1.60. The van der Waals surface area contributed by atoms with E-state index in [1.807, 2.05) is 19.0 Å². The molecule has 0 aliphatic carbocycles. The summed E-state index contributed by atoms with van der Waals surface area (Å²) in [6.45, 7) is 0.594. The summed E-state index contributed by atoms with van der Waals surface area (Å²) < 4.78 is 19.2. The molecular weight excluding hydrogens is 392 g/mol. The van der Waals surface area contributed by atoms with Crippen molar-refractivity contribution in [3.63, 3.8) is 0 Å². The number of ether oxygens (including phenoxy) is 1. The summed E-state index contributed by atoms with van der Waals surface area (Å²) in [7, 11) is 5.50. The molecule has 20 heavy (non-hydrogen) atoms. The maximum Gasteiger partial charge on any atom is 0.231 e. The second-order valence-corrected chi connectivity index (χ2v) is 6.53. The van der Waals surface area contributed by atoms with Gasteiger partial charge in [-0.05, 0) is 40.8 Å². The molecule has 108 valence electrons. The Morgan fingerprint density at radius 3 is 2.80 bits per heavy atom. The number of halogens is 2. The van der Waals surface area contributed by atoms with Crippen molar-refractivity contribution < 1.29 is 9.13 Å². The van der Waals surface area contributed by atoms with Crippen LogP contribution in [0.3, 0.4) is 0 Å². The Kier molecular flexibility index (Phi) is 5.03. The molecule has 0 aliphatic rings. The molecular formula is C13H15FIN3OS. The Balaban J connectivity index is 2.14. The number of thiazole rings is 1. The summed E-state index contributed by atoms with van der Waals surface area (Å²) >= 11 is 3.68. The van der Waals surface area contributed by atoms with Crippen LogP contribution in [0.5, 0.6) is 5.88 Å². The van der Waals surface area contributed by atoms with Crippen molar-refractivity contribution >= 4 is 44.7 Å². The van der Waals surface area contributed by atoms with Gasteiger partial charge in [-0.3, -0.25) is 0 Å². The fourth-order valence-corrected chi connectivity index (χ4v) is 3.16. The lowest BCUT2D eigenvalue weighted by Crippen LogP contribution is -2.07. The molecule has 1 N–H and O–H groups in total. The molecule has 2 rings (SSSR count). The van der Waals surface area contributed by atoms with Crippen LogP contribution in [0, 0.1) is 9.39 Å². The van der Waals surface area contributed by atoms with Crippen molar-refractivity contribution in [1.29, 1.82) is 0 Å². The maximum atomic E-state index is 13.1. The zero-order valence-electron chi connectivity index (χ0n) is 11.4. The molecule has 2 aromatic rings. The van der Waals surface area contributed by atoms with Crippen molar-refractivity contribution in [2.45, 2.75) is 6.54 Å². The van der Waals surface area contributed by atoms with Gasteiger partial charge in [0.15, 0.2) is 5.13 Å². The summed E-state index contributed by atoms with van der Waals surface area (Å²) in [5.74, 6) is 0.397. The van der Waals surface area contributed by atoms with Crippen molar-refractivity contribution in [3.05, 3.63) is 32.5 Å². The van der Waals surface area contributed by atoms with E-state index >= 15 is 0 Å². The largest absolute Gasteiger partial charge is 0.480 e. The summed E-state index contributed by atoms with van der Waals surface area (Å²) in [6.07, 6.45) is 0. The van der Waals surface area contributed by atoms with Crippen LogP contribution >= 0.6 is 33.9 Å². The highest BCUT2D eigenvalue weighted by molar-refractivity contribution is 14.1. The molecule has 0 saturated carbocycles. The first kappa shape index (κ1) is 15.3. The lowest BCUT2D eigenvalue weighted by molar-refractivity contribution is 0.397. The molecule has 0 amide bonds. The minimum atomic E-state index is -0.231. The van der Waals surface area contributed by atoms with Gasteiger partial charge in [-0.25, -0.2) is 4.39 Å². The normalized spacial score (nSPS) is 10.4. The van der Waals surface area contributed by atoms with E-state index in [0.717, 1.165) is 19.3 Å². The van der Waals surface area contributed by atoms with Crippen LogP contribution < -0.4 is 15.0 Å². The molecule has 0 spiro atoms. The number of aromatic nitrogens is 1. The third-order valence-corrected chi connectivity index (χ3v) is 4.69. The molecule has 1 aromatic carbocycles. The molecule has 0 aliphatic heterocycles. The molecule has 0 radical (unpaired) electrons. The van der Waals surface area contributed by atoms with Crippen LogP contribution in [0.2, 0.25) is 0 Å². The SMILES string of the molecule is COc1nc(N(C)C)sc1CNc1ccc(F)cc1I. The van der Waals surface area contributed by atoms with Crippen LogP contribution in [0.25, 0.3) is 0 Å². The predicted octanol–water partition coefficient (Wildman–Crippen LogP) is 3.57. The molecule has 4 nitrogen and oxygen atoms in total. The summed E-state index contributed by atoms with van der Waals surface area (Å²) in [6, 6.07) is 4.68. The topological polar surface area (TPSA) is 37.4 Å². The number of anilines is 2. The third kappa shape index (κ3) is 3.51. The summed E-state index contributed by atoms with van der Waals surface area (Å²) in [5, 5.41) is 4.18. The molecule has 0 atom stereocenters. The minimum absolute atomic E-state index is 0.231. The van der Waals surface area contributed by atoms with Gasteiger partial charge in [0.05, 0.1) is 18.5 Å². The zero-order valence-corrected chi connectivity index (χ0v) is 14.4. The van der Waals surface area contributed by atoms with Crippen LogP contribution in [-0.4, -0.2) is 26.2 Å². The van der Waals surface area contributed by atoms with E-state index in [0.29, 0.717) is 12.4 Å². The van der Waals surface area contributed by atoms with E-state index < -0.39 is 0 Å². The molecule has 0 fully saturated rings. The Morgan fingerprint density at radius 1 is 1.45 bits per heavy atom. The standard InChI is InChI=1S/C13H15FIN3OS/c1-18(2)13-17-12(19-3)11(20-13)7-16-10-5-4-8(14)6-9(10)15/h4-6,16H,7H2,1-3H3. The van der Waals surface area contributed by atoms with Crippen molar-refractivity contribution in [3.8, 4) is 5.88 Å². The molecule has 0 unspecified atom stereocenters. The van der Waals surface area contributed by atoms with Crippen LogP contribution in [-0.2, 0) is 6.54 Å². The first-order valence-corrected chi connectivity index (χ1v) is 7.80. The molecule has 0 bridgehead atoms. The van der Waals surface area contributed by atoms with Gasteiger partial charge in [-0.2, -0.15) is 4.98 Å². The third-order valence-electron chi connectivity index (χ3n) is 2.60. The summed E-state index contributed by atoms with van der Waals surface area (Å²) in [4.78, 5) is 7.35. The molecule has 1 aromatic heterocycles. The average Bonchev–Trinajstić information content (AvgIpc) is 2.81. The Hall–Kier alpha value is -1.09. The van der Waals surface area contributed by atoms with E-state index in [1.165, 1.54) is 12.1 Å². The van der Waals surface area contributed by atoms with Crippen molar-refractivity contribution in [2.24, 2.45) is 0 Å². The van der Waals surface area contributed by atoms with Gasteiger partial charge in [-0.15, -0.1) is 0 Å². The molecule has 1 heterocycles. The number of hydrogen-bond acceptors (Lipinski definition) is 5. The average molecular weight is 407 g/mol. The number of nitrogens with one attached hydrogen (secondary N) is 1. The maximum absolute atomic E-state index is 13.1. The number of nitrogens with zero attached hydrogens (tertiary/aromatic N) is 2. The van der Waals surface area contributed by atoms with E-state index in [-0.39, 0.29) is 5.82 Å². The predicted molar refractivity (Wildman–Crippen MR) is 89.4 cm³/mol. The van der Waals surface area contributed by atoms with Crippen LogP contribution in [0.15, 0.2) is 18.2 Å². The van der Waals surface area contributed by atoms with Gasteiger partial charge in [0, 0.05) is 23.4 Å². The molecule has 7 heteroatoms. The quantitative estimate of drug-likeness (QED) is 0.770. The van der Waals surface area contributed by atoms with Crippen molar-refractivity contribution in [1.82, 2.24) is 4.98 Å². The van der Waals surface area contributed by atoms with Gasteiger partial charge < -0.3 is 15.0 Å². The van der Waals surface area contributed by atoms with Gasteiger partial charge in [-0.1, -0.05) is 11.3 Å². The highest BCUT2D eigenvalue weighted by Gasteiger charge is 2.13. The second kappa shape index (κ2) is 6.57. The highest BCUT2D eigenvalue weighted by Crippen LogP contribution is 2.31. The number of rotatable bonds is 5. The Morgan fingerprint density at radius 2 is 2.20 bits per heavy atom. The number of hydrogen-bond donors (Lipinski definition) is 1. The summed E-state index contributed by atoms with van der Waals surface area (Å²) in [5.41, 5.74) is 0.897. The van der Waals surface area contributed by atoms with Crippen LogP contribution in [0.4, 0.5) is 15.2 Å². The molecule has 0 saturated heterocycles. The Bertz CT molecular complexity index is 603. The lowest BCUT2D eigenvalue weighted by atomic mass is 10.3. The van der Waals surface area contributed by atoms with E-state index in [2.05, 4.69) is 32.9 Å². The second-order valence-electron chi connectivity index (χ2n) is 4.30. The van der Waals surface area contributed by atoms with Gasteiger partial charge in [0.1, 0.15) is 5.82 Å². The monoisotopic (exact) mass is 407 g/mol. The first-order valence-electron chi connectivity index (χ1n) is 5.91. The van der Waals surface area contributed by atoms with Gasteiger partial charge in [0.25, 0.3) is 0 Å². The lowest BCUT2D eigenvalue weighted by Gasteiger charge is -2.08. The first-order chi connectivity index (χ1) is 9.51. The van der Waals surface area contributed by atoms with Gasteiger partial charge in [0.2, 0.25) is 5.88 Å². The highest BCUT2D eigenvalue weighted by atomic mass is 127. The van der Waals surface area contributed by atoms with E-state index in [1.54, 1.807) is 24.5 Å². The zero-order chi connectivity index (χ0) is 14.7. The smallest absolute Gasteiger partial charge is 0.231 e.